The van der Waals surface area contributed by atoms with Crippen molar-refractivity contribution in [3.63, 3.8) is 0 Å². The molecule has 7 rings (SSSR count). The van der Waals surface area contributed by atoms with Crippen molar-refractivity contribution in [2.45, 2.75) is 6.54 Å². The number of benzene rings is 2. The highest BCUT2D eigenvalue weighted by molar-refractivity contribution is 7.21. The molecular weight excluding hydrogens is 580 g/mol. The largest absolute Gasteiger partial charge is 0.454 e. The number of halogens is 1. The Labute approximate surface area is 249 Å². The summed E-state index contributed by atoms with van der Waals surface area (Å²) in [6, 6.07) is 12.6. The maximum Gasteiger partial charge on any atom is 0.331 e. The molecule has 0 unspecified atom stereocenters. The average molecular weight is 603 g/mol. The minimum absolute atomic E-state index is 0.0299. The summed E-state index contributed by atoms with van der Waals surface area (Å²) in [5, 5.41) is 13.6. The fourth-order valence-corrected chi connectivity index (χ4v) is 6.68. The second-order valence-corrected chi connectivity index (χ2v) is 11.3. The van der Waals surface area contributed by atoms with E-state index >= 15 is 0 Å². The second kappa shape index (κ2) is 10.5. The lowest BCUT2D eigenvalue weighted by Gasteiger charge is -2.30. The molecule has 13 heteroatoms. The van der Waals surface area contributed by atoms with Crippen molar-refractivity contribution in [1.29, 1.82) is 5.26 Å². The van der Waals surface area contributed by atoms with Gasteiger partial charge in [-0.25, -0.2) is 9.78 Å². The third-order valence-electron chi connectivity index (χ3n) is 7.49. The summed E-state index contributed by atoms with van der Waals surface area (Å²) in [6.07, 6.45) is 1.39. The molecule has 0 bridgehead atoms. The molecule has 11 nitrogen and oxygen atoms in total. The van der Waals surface area contributed by atoms with Crippen molar-refractivity contribution in [3.05, 3.63) is 63.6 Å². The van der Waals surface area contributed by atoms with Crippen LogP contribution in [0.25, 0.3) is 10.2 Å². The molecule has 1 saturated heterocycles. The minimum Gasteiger partial charge on any atom is -0.454 e. The van der Waals surface area contributed by atoms with Gasteiger partial charge in [0.05, 0.1) is 40.6 Å². The van der Waals surface area contributed by atoms with Crippen LogP contribution in [-0.2, 0) is 11.3 Å². The Morgan fingerprint density at radius 2 is 1.95 bits per heavy atom. The van der Waals surface area contributed by atoms with Crippen LogP contribution in [0.15, 0.2) is 42.6 Å². The van der Waals surface area contributed by atoms with E-state index < -0.39 is 6.03 Å². The molecule has 2 aromatic heterocycles. The number of thiophene rings is 1. The van der Waals surface area contributed by atoms with E-state index in [0.717, 1.165) is 49.7 Å². The van der Waals surface area contributed by atoms with Crippen LogP contribution in [0.5, 0.6) is 11.5 Å². The van der Waals surface area contributed by atoms with E-state index in [2.05, 4.69) is 21.3 Å². The normalized spacial score (nSPS) is 15.9. The number of carbonyl (C=O) groups excluding carboxylic acids is 2. The molecule has 1 fully saturated rings. The Morgan fingerprint density at radius 1 is 1.17 bits per heavy atom. The number of hydrogen-bond acceptors (Lipinski definition) is 9. The van der Waals surface area contributed by atoms with Gasteiger partial charge in [0.1, 0.15) is 21.5 Å². The molecule has 2 aromatic carbocycles. The summed E-state index contributed by atoms with van der Waals surface area (Å²) in [5.41, 5.74) is 2.81. The first-order valence-corrected chi connectivity index (χ1v) is 14.4. The van der Waals surface area contributed by atoms with Gasteiger partial charge >= 0.3 is 6.03 Å². The van der Waals surface area contributed by atoms with Crippen LogP contribution >= 0.6 is 22.9 Å². The Hall–Kier alpha value is -4.41. The molecule has 0 saturated carbocycles. The Balaban J connectivity index is 1.26. The number of pyridine rings is 1. The molecule has 0 spiro atoms. The van der Waals surface area contributed by atoms with Crippen molar-refractivity contribution in [2.24, 2.45) is 0 Å². The summed E-state index contributed by atoms with van der Waals surface area (Å²) < 4.78 is 16.6. The first kappa shape index (κ1) is 26.5. The zero-order valence-corrected chi connectivity index (χ0v) is 23.9. The van der Waals surface area contributed by atoms with Gasteiger partial charge in [-0.15, -0.1) is 11.3 Å². The molecule has 42 heavy (non-hydrogen) atoms. The topological polar surface area (TPSA) is 120 Å². The number of amides is 3. The molecular formula is C29H23ClN6O5S. The highest BCUT2D eigenvalue weighted by atomic mass is 35.5. The van der Waals surface area contributed by atoms with E-state index in [0.29, 0.717) is 38.0 Å². The SMILES string of the molecule is CN(C(=O)c1sc2ncc(C#N)c3c2c1NC(=O)N3c1c(Cl)ccc2c1OCO2)c1ccc(CN2CCOCC2)cc1. The number of nitrogens with zero attached hydrogens (tertiary/aromatic N) is 5. The lowest BCUT2D eigenvalue weighted by molar-refractivity contribution is 0.0342. The molecule has 5 heterocycles. The van der Waals surface area contributed by atoms with Crippen molar-refractivity contribution in [2.75, 3.05) is 55.3 Å². The number of nitriles is 1. The molecule has 212 valence electrons. The van der Waals surface area contributed by atoms with E-state index in [1.165, 1.54) is 16.0 Å². The van der Waals surface area contributed by atoms with Gasteiger partial charge in [0.25, 0.3) is 5.91 Å². The van der Waals surface area contributed by atoms with E-state index in [1.54, 1.807) is 19.2 Å². The lowest BCUT2D eigenvalue weighted by atomic mass is 10.1. The zero-order chi connectivity index (χ0) is 29.0. The number of fused-ring (bicyclic) bond motifs is 1. The van der Waals surface area contributed by atoms with E-state index in [1.807, 2.05) is 24.3 Å². The van der Waals surface area contributed by atoms with Crippen molar-refractivity contribution in [3.8, 4) is 17.6 Å². The standard InChI is InChI=1S/C29H23ClN6O5S/c1-34(18-4-2-16(3-5-18)14-35-8-10-39-11-9-35)28(37)26-22-21-23(17(12-31)13-32-27(21)42-26)36(29(38)33-22)24-19(30)6-7-20-25(24)41-15-40-20/h2-7,13H,8-11,14-15H2,1H3,(H,33,38). The van der Waals surface area contributed by atoms with Crippen molar-refractivity contribution >= 4 is 67.8 Å². The van der Waals surface area contributed by atoms with E-state index in [4.69, 9.17) is 25.8 Å². The lowest BCUT2D eigenvalue weighted by Crippen LogP contribution is -2.36. The van der Waals surface area contributed by atoms with Gasteiger partial charge in [0.2, 0.25) is 6.79 Å². The van der Waals surface area contributed by atoms with E-state index in [9.17, 15) is 14.9 Å². The molecule has 1 N–H and O–H groups in total. The number of nitrogens with one attached hydrogen (secondary N) is 1. The van der Waals surface area contributed by atoms with Gasteiger partial charge in [-0.3, -0.25) is 14.6 Å². The maximum atomic E-state index is 13.9. The van der Waals surface area contributed by atoms with Gasteiger partial charge < -0.3 is 24.4 Å². The third kappa shape index (κ3) is 4.29. The molecule has 0 radical (unpaired) electrons. The van der Waals surface area contributed by atoms with Gasteiger partial charge in [-0.2, -0.15) is 5.26 Å². The number of rotatable bonds is 5. The minimum atomic E-state index is -0.597. The van der Waals surface area contributed by atoms with Gasteiger partial charge in [-0.05, 0) is 29.8 Å². The number of ether oxygens (including phenoxy) is 3. The summed E-state index contributed by atoms with van der Waals surface area (Å²) in [6.45, 7) is 4.03. The highest BCUT2D eigenvalue weighted by Crippen LogP contribution is 2.53. The molecule has 4 aromatic rings. The van der Waals surface area contributed by atoms with Crippen molar-refractivity contribution < 1.29 is 23.8 Å². The second-order valence-electron chi connectivity index (χ2n) is 9.93. The van der Waals surface area contributed by atoms with Crippen LogP contribution in [0, 0.1) is 11.3 Å². The predicted molar refractivity (Wildman–Crippen MR) is 158 cm³/mol. The maximum absolute atomic E-state index is 13.9. The number of anilines is 4. The average Bonchev–Trinajstić information content (AvgIpc) is 3.64. The van der Waals surface area contributed by atoms with Gasteiger partial charge in [-0.1, -0.05) is 23.7 Å². The smallest absolute Gasteiger partial charge is 0.331 e. The fourth-order valence-electron chi connectivity index (χ4n) is 5.36. The first-order valence-electron chi connectivity index (χ1n) is 13.2. The van der Waals surface area contributed by atoms with Gasteiger partial charge in [0, 0.05) is 38.6 Å². The number of aromatic nitrogens is 1. The van der Waals surface area contributed by atoms with Crippen LogP contribution in [0.2, 0.25) is 5.02 Å². The number of hydrogen-bond donors (Lipinski definition) is 1. The van der Waals surface area contributed by atoms with Crippen molar-refractivity contribution in [1.82, 2.24) is 9.88 Å². The van der Waals surface area contributed by atoms with Crippen LogP contribution in [0.4, 0.5) is 27.5 Å². The zero-order valence-electron chi connectivity index (χ0n) is 22.3. The summed E-state index contributed by atoms with van der Waals surface area (Å²) >= 11 is 7.72. The number of carbonyl (C=O) groups is 2. The van der Waals surface area contributed by atoms with E-state index in [-0.39, 0.29) is 34.7 Å². The molecule has 3 aliphatic rings. The Kier molecular flexibility index (Phi) is 6.59. The van der Waals surface area contributed by atoms with Gasteiger partial charge in [0.15, 0.2) is 11.5 Å². The van der Waals surface area contributed by atoms with Crippen LogP contribution in [-0.4, -0.2) is 62.0 Å². The predicted octanol–water partition coefficient (Wildman–Crippen LogP) is 5.34. The summed E-state index contributed by atoms with van der Waals surface area (Å²) in [5.74, 6) is 0.399. The monoisotopic (exact) mass is 602 g/mol. The summed E-state index contributed by atoms with van der Waals surface area (Å²) in [7, 11) is 1.69. The van der Waals surface area contributed by atoms with Crippen LogP contribution in [0.1, 0.15) is 20.8 Å². The fraction of sp³-hybridized carbons (Fsp3) is 0.241. The molecule has 0 aliphatic carbocycles. The van der Waals surface area contributed by atoms with Crippen LogP contribution in [0.3, 0.4) is 0 Å². The number of morpholine rings is 1. The van der Waals surface area contributed by atoms with Crippen LogP contribution < -0.4 is 24.6 Å². The highest BCUT2D eigenvalue weighted by Gasteiger charge is 2.39. The molecule has 3 amide bonds. The summed E-state index contributed by atoms with van der Waals surface area (Å²) in [4.78, 5) is 38.0. The molecule has 0 atom stereocenters. The molecule has 3 aliphatic heterocycles. The Morgan fingerprint density at radius 3 is 2.71 bits per heavy atom. The Bertz CT molecular complexity index is 1800. The quantitative estimate of drug-likeness (QED) is 0.325. The first-order chi connectivity index (χ1) is 20.4. The number of urea groups is 1. The third-order valence-corrected chi connectivity index (χ3v) is 8.88.